The molecule has 0 atom stereocenters. The van der Waals surface area contributed by atoms with Crippen LogP contribution in [-0.2, 0) is 0 Å². The number of hydrogen-bond donors (Lipinski definition) is 0. The summed E-state index contributed by atoms with van der Waals surface area (Å²) in [5, 5.41) is 1.11. The van der Waals surface area contributed by atoms with Gasteiger partial charge >= 0.3 is 0 Å². The van der Waals surface area contributed by atoms with Crippen LogP contribution in [0.5, 0.6) is 0 Å². The van der Waals surface area contributed by atoms with Crippen LogP contribution in [0.25, 0.3) is 0 Å². The van der Waals surface area contributed by atoms with Gasteiger partial charge in [-0.05, 0) is 5.23 Å². The summed E-state index contributed by atoms with van der Waals surface area (Å²) < 4.78 is 0. The van der Waals surface area contributed by atoms with Crippen molar-refractivity contribution in [1.82, 2.24) is 0 Å². The van der Waals surface area contributed by atoms with E-state index in [0.717, 1.165) is 30.8 Å². The lowest BCUT2D eigenvalue weighted by Crippen LogP contribution is -2.48. The zero-order valence-electron chi connectivity index (χ0n) is 6.90. The minimum absolute atomic E-state index is 0.777. The Morgan fingerprint density at radius 1 is 1.30 bits per heavy atom. The second-order valence-corrected chi connectivity index (χ2v) is 4.49. The van der Waals surface area contributed by atoms with Gasteiger partial charge in [0.15, 0.2) is 5.99 Å². The van der Waals surface area contributed by atoms with E-state index in [9.17, 15) is 0 Å². The fourth-order valence-electron chi connectivity index (χ4n) is 1.10. The molecule has 0 aliphatic heterocycles. The van der Waals surface area contributed by atoms with Crippen molar-refractivity contribution in [2.24, 2.45) is 0 Å². The van der Waals surface area contributed by atoms with Crippen molar-refractivity contribution < 1.29 is 0 Å². The molecule has 0 aromatic heterocycles. The number of halogens is 2. The molecule has 10 heavy (non-hydrogen) atoms. The standard InChI is InChI=1S/C4H12B4Br2/c1-6(2)8(5-10)7(3)4-9/h5H,4H2,1-3H3. The Hall–Kier alpha value is 1.22. The summed E-state index contributed by atoms with van der Waals surface area (Å²) in [6.45, 7) is 8.42. The van der Waals surface area contributed by atoms with Gasteiger partial charge in [0.25, 0.3) is 0 Å². The lowest BCUT2D eigenvalue weighted by Gasteiger charge is -2.15. The molecule has 0 radical (unpaired) electrons. The van der Waals surface area contributed by atoms with Crippen LogP contribution in [0.2, 0.25) is 20.5 Å². The molecular weight excluding hydrogens is 251 g/mol. The molecular formula is C4H12B4Br2. The van der Waals surface area contributed by atoms with Gasteiger partial charge in [-0.3, -0.25) is 0 Å². The molecule has 0 saturated heterocycles. The summed E-state index contributed by atoms with van der Waals surface area (Å²) in [6, 6.07) is 0. The quantitative estimate of drug-likeness (QED) is 0.535. The highest BCUT2D eigenvalue weighted by atomic mass is 79.9. The van der Waals surface area contributed by atoms with Crippen LogP contribution in [0, 0.1) is 0 Å². The molecule has 0 bridgehead atoms. The maximum Gasteiger partial charge on any atom is 0.157 e. The Morgan fingerprint density at radius 3 is 1.90 bits per heavy atom. The van der Waals surface area contributed by atoms with E-state index in [4.69, 9.17) is 0 Å². The molecule has 0 unspecified atom stereocenters. The van der Waals surface area contributed by atoms with E-state index < -0.39 is 0 Å². The molecule has 0 N–H and O–H groups in total. The molecule has 0 aliphatic rings. The molecule has 0 fully saturated rings. The third-order valence-corrected chi connectivity index (χ3v) is 3.78. The first kappa shape index (κ1) is 11.2. The van der Waals surface area contributed by atoms with Crippen LogP contribution in [0.1, 0.15) is 0 Å². The lowest BCUT2D eigenvalue weighted by molar-refractivity contribution is 2.03. The smallest absolute Gasteiger partial charge is 0.157 e. The van der Waals surface area contributed by atoms with Crippen molar-refractivity contribution in [3.63, 3.8) is 0 Å². The van der Waals surface area contributed by atoms with E-state index in [0.29, 0.717) is 0 Å². The van der Waals surface area contributed by atoms with Crippen molar-refractivity contribution >= 4 is 57.3 Å². The van der Waals surface area contributed by atoms with Gasteiger partial charge < -0.3 is 0 Å². The Balaban J connectivity index is 3.80. The molecule has 0 heterocycles. The first-order chi connectivity index (χ1) is 4.63. The predicted octanol–water partition coefficient (Wildman–Crippen LogP) is 1.69. The summed E-state index contributed by atoms with van der Waals surface area (Å²) in [6.07, 6.45) is 0.805. The van der Waals surface area contributed by atoms with E-state index >= 15 is 0 Å². The number of alkyl halides is 1. The highest BCUT2D eigenvalue weighted by Crippen LogP contribution is 2.01. The van der Waals surface area contributed by atoms with E-state index in [2.05, 4.69) is 52.2 Å². The second kappa shape index (κ2) is 5.82. The third-order valence-electron chi connectivity index (χ3n) is 2.01. The van der Waals surface area contributed by atoms with Gasteiger partial charge in [-0.1, -0.05) is 20.5 Å². The largest absolute Gasteiger partial charge is 0.174 e. The van der Waals surface area contributed by atoms with E-state index in [1.165, 1.54) is 0 Å². The SMILES string of the molecule is CB(C)B(BBr)B(C)CBr. The lowest BCUT2D eigenvalue weighted by atomic mass is 8.83. The van der Waals surface area contributed by atoms with Gasteiger partial charge in [-0.25, -0.2) is 0 Å². The Labute approximate surface area is 82.8 Å². The maximum atomic E-state index is 3.54. The van der Waals surface area contributed by atoms with Gasteiger partial charge in [0.1, 0.15) is 6.60 Å². The molecule has 0 rings (SSSR count). The summed E-state index contributed by atoms with van der Waals surface area (Å²) in [5.41, 5.74) is 0. The summed E-state index contributed by atoms with van der Waals surface area (Å²) in [7, 11) is 0. The van der Waals surface area contributed by atoms with Crippen molar-refractivity contribution in [1.29, 1.82) is 0 Å². The first-order valence-corrected chi connectivity index (χ1v) is 5.99. The predicted molar refractivity (Wildman–Crippen MR) is 64.7 cm³/mol. The molecule has 0 amide bonds. The van der Waals surface area contributed by atoms with Gasteiger partial charge in [-0.15, -0.1) is 15.9 Å². The van der Waals surface area contributed by atoms with E-state index in [-0.39, 0.29) is 0 Å². The molecule has 0 spiro atoms. The van der Waals surface area contributed by atoms with Crippen LogP contribution < -0.4 is 0 Å². The Morgan fingerprint density at radius 2 is 1.80 bits per heavy atom. The minimum Gasteiger partial charge on any atom is -0.174 e. The fourth-order valence-corrected chi connectivity index (χ4v) is 2.97. The van der Waals surface area contributed by atoms with Crippen molar-refractivity contribution in [3.8, 4) is 0 Å². The van der Waals surface area contributed by atoms with Crippen molar-refractivity contribution in [3.05, 3.63) is 0 Å². The highest BCUT2D eigenvalue weighted by molar-refractivity contribution is 9.25. The van der Waals surface area contributed by atoms with E-state index in [1.54, 1.807) is 0 Å². The minimum atomic E-state index is 0.777. The first-order valence-electron chi connectivity index (χ1n) is 3.75. The normalized spacial score (nSPS) is 8.90. The topological polar surface area (TPSA) is 0 Å². The van der Waals surface area contributed by atoms with Crippen LogP contribution in [0.15, 0.2) is 0 Å². The van der Waals surface area contributed by atoms with Gasteiger partial charge in [0.05, 0.1) is 13.0 Å². The zero-order chi connectivity index (χ0) is 8.15. The second-order valence-electron chi connectivity index (χ2n) is 3.19. The van der Waals surface area contributed by atoms with Crippen molar-refractivity contribution in [2.75, 3.05) is 5.23 Å². The summed E-state index contributed by atoms with van der Waals surface area (Å²) in [4.78, 5) is 0. The molecule has 54 valence electrons. The Kier molecular flexibility index (Phi) is 6.53. The summed E-state index contributed by atoms with van der Waals surface area (Å²) >= 11 is 7.04. The molecule has 0 aliphatic carbocycles. The van der Waals surface area contributed by atoms with Crippen LogP contribution in [0.4, 0.5) is 0 Å². The highest BCUT2D eigenvalue weighted by Gasteiger charge is 2.26. The van der Waals surface area contributed by atoms with Gasteiger partial charge in [-0.2, -0.15) is 15.8 Å². The van der Waals surface area contributed by atoms with Crippen molar-refractivity contribution in [2.45, 2.75) is 20.5 Å². The molecule has 0 saturated carbocycles. The number of hydrogen-bond acceptors (Lipinski definition) is 0. The third kappa shape index (κ3) is 3.56. The van der Waals surface area contributed by atoms with Crippen LogP contribution in [-0.4, -0.2) is 30.8 Å². The van der Waals surface area contributed by atoms with E-state index in [1.807, 2.05) is 0 Å². The zero-order valence-corrected chi connectivity index (χ0v) is 10.1. The Bertz CT molecular complexity index is 89.3. The van der Waals surface area contributed by atoms with Gasteiger partial charge in [0.2, 0.25) is 0 Å². The van der Waals surface area contributed by atoms with Crippen LogP contribution >= 0.6 is 31.7 Å². The molecule has 6 heteroatoms. The monoisotopic (exact) mass is 262 g/mol. The fraction of sp³-hybridized carbons (Fsp3) is 1.00. The average Bonchev–Trinajstić information content (AvgIpc) is 1.88. The molecule has 0 aromatic carbocycles. The van der Waals surface area contributed by atoms with Gasteiger partial charge in [0, 0.05) is 0 Å². The molecule has 0 nitrogen and oxygen atoms in total. The average molecular weight is 263 g/mol. The maximum absolute atomic E-state index is 3.54. The number of rotatable bonds is 4. The summed E-state index contributed by atoms with van der Waals surface area (Å²) in [5.74, 6) is 1.12. The molecule has 0 aromatic rings. The van der Waals surface area contributed by atoms with Crippen LogP contribution in [0.3, 0.4) is 0 Å².